The summed E-state index contributed by atoms with van der Waals surface area (Å²) in [4.78, 5) is 14.3. The van der Waals surface area contributed by atoms with E-state index < -0.39 is 6.10 Å². The molecule has 2 N–H and O–H groups in total. The summed E-state index contributed by atoms with van der Waals surface area (Å²) in [6.07, 6.45) is 0.0455. The number of nitrogens with zero attached hydrogens (tertiary/aromatic N) is 1. The molecule has 2 atom stereocenters. The van der Waals surface area contributed by atoms with Crippen molar-refractivity contribution in [1.82, 2.24) is 10.2 Å². The van der Waals surface area contributed by atoms with Crippen LogP contribution in [-0.2, 0) is 17.9 Å². The van der Waals surface area contributed by atoms with E-state index in [0.29, 0.717) is 26.1 Å². The number of rotatable bonds is 6. The Hall–Kier alpha value is -2.08. The number of carbonyl (C=O) groups is 1. The lowest BCUT2D eigenvalue weighted by Crippen LogP contribution is -2.41. The van der Waals surface area contributed by atoms with Gasteiger partial charge in [0.25, 0.3) is 0 Å². The van der Waals surface area contributed by atoms with Gasteiger partial charge in [-0.05, 0) is 49.4 Å². The molecule has 1 fully saturated rings. The van der Waals surface area contributed by atoms with Crippen molar-refractivity contribution < 1.29 is 14.6 Å². The summed E-state index contributed by atoms with van der Waals surface area (Å²) in [5, 5.41) is 12.7. The van der Waals surface area contributed by atoms with E-state index in [1.54, 1.807) is 4.90 Å². The SMILES string of the molecule is Cc1cccc(COc2c(C)cc(CN(C)C(=O)C3CC(O)CN3)cc2C)c1.Cl. The molecular weight excluding hydrogens is 388 g/mol. The lowest BCUT2D eigenvalue weighted by atomic mass is 10.0. The van der Waals surface area contributed by atoms with Gasteiger partial charge < -0.3 is 20.1 Å². The van der Waals surface area contributed by atoms with E-state index in [4.69, 9.17) is 4.74 Å². The van der Waals surface area contributed by atoms with E-state index in [-0.39, 0.29) is 24.4 Å². The Morgan fingerprint density at radius 3 is 2.45 bits per heavy atom. The highest BCUT2D eigenvalue weighted by atomic mass is 35.5. The van der Waals surface area contributed by atoms with E-state index in [1.165, 1.54) is 5.56 Å². The van der Waals surface area contributed by atoms with Gasteiger partial charge in [0, 0.05) is 20.1 Å². The van der Waals surface area contributed by atoms with Gasteiger partial charge in [0.1, 0.15) is 12.4 Å². The van der Waals surface area contributed by atoms with E-state index in [9.17, 15) is 9.90 Å². The van der Waals surface area contributed by atoms with Crippen LogP contribution in [0.3, 0.4) is 0 Å². The van der Waals surface area contributed by atoms with Crippen molar-refractivity contribution in [3.63, 3.8) is 0 Å². The van der Waals surface area contributed by atoms with E-state index in [1.807, 2.05) is 27.0 Å². The maximum Gasteiger partial charge on any atom is 0.239 e. The number of hydrogen-bond donors (Lipinski definition) is 2. The summed E-state index contributed by atoms with van der Waals surface area (Å²) < 4.78 is 6.09. The smallest absolute Gasteiger partial charge is 0.239 e. The molecule has 6 heteroatoms. The van der Waals surface area contributed by atoms with Crippen molar-refractivity contribution in [1.29, 1.82) is 0 Å². The predicted molar refractivity (Wildman–Crippen MR) is 118 cm³/mol. The Labute approximate surface area is 179 Å². The number of hydrogen-bond acceptors (Lipinski definition) is 4. The Morgan fingerprint density at radius 1 is 1.17 bits per heavy atom. The molecule has 0 saturated carbocycles. The van der Waals surface area contributed by atoms with Crippen LogP contribution < -0.4 is 10.1 Å². The zero-order valence-corrected chi connectivity index (χ0v) is 18.4. The van der Waals surface area contributed by atoms with Gasteiger partial charge in [-0.3, -0.25) is 4.79 Å². The Morgan fingerprint density at radius 2 is 1.86 bits per heavy atom. The summed E-state index contributed by atoms with van der Waals surface area (Å²) in [7, 11) is 1.81. The van der Waals surface area contributed by atoms with Crippen LogP contribution in [0.2, 0.25) is 0 Å². The third-order valence-electron chi connectivity index (χ3n) is 5.19. The normalized spacial score (nSPS) is 18.2. The molecule has 29 heavy (non-hydrogen) atoms. The minimum Gasteiger partial charge on any atom is -0.488 e. The zero-order valence-electron chi connectivity index (χ0n) is 17.6. The number of aliphatic hydroxyl groups excluding tert-OH is 1. The molecule has 158 valence electrons. The molecule has 1 aliphatic heterocycles. The average Bonchev–Trinajstić information content (AvgIpc) is 3.06. The highest BCUT2D eigenvalue weighted by Crippen LogP contribution is 2.26. The van der Waals surface area contributed by atoms with Crippen molar-refractivity contribution in [2.24, 2.45) is 0 Å². The van der Waals surface area contributed by atoms with Crippen LogP contribution in [0.15, 0.2) is 36.4 Å². The van der Waals surface area contributed by atoms with Gasteiger partial charge in [-0.1, -0.05) is 42.0 Å². The van der Waals surface area contributed by atoms with Crippen LogP contribution in [0.25, 0.3) is 0 Å². The van der Waals surface area contributed by atoms with Crippen LogP contribution in [0.1, 0.15) is 34.2 Å². The lowest BCUT2D eigenvalue weighted by Gasteiger charge is -2.22. The first-order valence-electron chi connectivity index (χ1n) is 9.78. The maximum absolute atomic E-state index is 12.5. The fourth-order valence-electron chi connectivity index (χ4n) is 3.84. The van der Waals surface area contributed by atoms with Crippen LogP contribution >= 0.6 is 12.4 Å². The first-order valence-corrected chi connectivity index (χ1v) is 9.78. The standard InChI is InChI=1S/C23H30N2O3.ClH/c1-15-6-5-7-18(8-15)14-28-22-16(2)9-19(10-17(22)3)13-25(4)23(27)21-11-20(26)12-24-21;/h5-10,20-21,24,26H,11-14H2,1-4H3;1H. The average molecular weight is 419 g/mol. The van der Waals surface area contributed by atoms with Gasteiger partial charge in [-0.2, -0.15) is 0 Å². The number of aliphatic hydroxyl groups is 1. The number of amides is 1. The Kier molecular flexibility index (Phi) is 8.08. The molecule has 0 aromatic heterocycles. The van der Waals surface area contributed by atoms with E-state index in [2.05, 4.69) is 42.6 Å². The van der Waals surface area contributed by atoms with Gasteiger partial charge in [0.05, 0.1) is 12.1 Å². The van der Waals surface area contributed by atoms with Crippen LogP contribution in [-0.4, -0.2) is 41.7 Å². The highest BCUT2D eigenvalue weighted by molar-refractivity contribution is 5.85. The van der Waals surface area contributed by atoms with Crippen molar-refractivity contribution in [3.05, 3.63) is 64.2 Å². The third kappa shape index (κ3) is 5.95. The van der Waals surface area contributed by atoms with Gasteiger partial charge in [0.2, 0.25) is 5.91 Å². The Balaban J connectivity index is 0.00000300. The number of likely N-dealkylation sites (N-methyl/N-ethyl adjacent to an activating group) is 1. The molecule has 2 unspecified atom stereocenters. The molecule has 2 aromatic carbocycles. The summed E-state index contributed by atoms with van der Waals surface area (Å²) in [6, 6.07) is 12.2. The molecule has 1 aliphatic rings. The summed E-state index contributed by atoms with van der Waals surface area (Å²) in [5.74, 6) is 0.923. The zero-order chi connectivity index (χ0) is 20.3. The van der Waals surface area contributed by atoms with Crippen molar-refractivity contribution in [2.75, 3.05) is 13.6 Å². The number of benzene rings is 2. The lowest BCUT2D eigenvalue weighted by molar-refractivity contribution is -0.132. The maximum atomic E-state index is 12.5. The molecule has 0 radical (unpaired) electrons. The van der Waals surface area contributed by atoms with Crippen LogP contribution in [0, 0.1) is 20.8 Å². The topological polar surface area (TPSA) is 61.8 Å². The number of aryl methyl sites for hydroxylation is 3. The van der Waals surface area contributed by atoms with Gasteiger partial charge in [-0.25, -0.2) is 0 Å². The summed E-state index contributed by atoms with van der Waals surface area (Å²) >= 11 is 0. The largest absolute Gasteiger partial charge is 0.488 e. The molecule has 5 nitrogen and oxygen atoms in total. The summed E-state index contributed by atoms with van der Waals surface area (Å²) in [6.45, 7) is 7.71. The first kappa shape index (κ1) is 23.2. The minimum atomic E-state index is -0.434. The van der Waals surface area contributed by atoms with Gasteiger partial charge >= 0.3 is 0 Å². The number of β-amino-alcohol motifs (C(OH)–C–C–N with tert-alkyl or cyclic N) is 1. The molecule has 1 amide bonds. The second kappa shape index (κ2) is 10.1. The molecular formula is C23H31ClN2O3. The second-order valence-electron chi connectivity index (χ2n) is 7.88. The van der Waals surface area contributed by atoms with Crippen LogP contribution in [0.4, 0.5) is 0 Å². The van der Waals surface area contributed by atoms with Crippen molar-refractivity contribution in [3.8, 4) is 5.75 Å². The van der Waals surface area contributed by atoms with E-state index in [0.717, 1.165) is 28.0 Å². The fraction of sp³-hybridized carbons (Fsp3) is 0.435. The first-order chi connectivity index (χ1) is 13.3. The quantitative estimate of drug-likeness (QED) is 0.755. The second-order valence-corrected chi connectivity index (χ2v) is 7.88. The number of carbonyl (C=O) groups excluding carboxylic acids is 1. The fourth-order valence-corrected chi connectivity index (χ4v) is 3.84. The van der Waals surface area contributed by atoms with Crippen molar-refractivity contribution in [2.45, 2.75) is 52.5 Å². The van der Waals surface area contributed by atoms with E-state index >= 15 is 0 Å². The molecule has 0 aliphatic carbocycles. The number of nitrogens with one attached hydrogen (secondary N) is 1. The van der Waals surface area contributed by atoms with Crippen molar-refractivity contribution >= 4 is 18.3 Å². The predicted octanol–water partition coefficient (Wildman–Crippen LogP) is 3.29. The molecule has 1 saturated heterocycles. The molecule has 0 spiro atoms. The number of ether oxygens (including phenoxy) is 1. The van der Waals surface area contributed by atoms with Gasteiger partial charge in [0.15, 0.2) is 0 Å². The van der Waals surface area contributed by atoms with Gasteiger partial charge in [-0.15, -0.1) is 12.4 Å². The molecule has 0 bridgehead atoms. The number of halogens is 1. The molecule has 1 heterocycles. The molecule has 3 rings (SSSR count). The Bertz CT molecular complexity index is 833. The molecule has 2 aromatic rings. The summed E-state index contributed by atoms with van der Waals surface area (Å²) in [5.41, 5.74) is 5.59. The van der Waals surface area contributed by atoms with Crippen LogP contribution in [0.5, 0.6) is 5.75 Å². The monoisotopic (exact) mass is 418 g/mol. The minimum absolute atomic E-state index is 0. The highest BCUT2D eigenvalue weighted by Gasteiger charge is 2.30. The third-order valence-corrected chi connectivity index (χ3v) is 5.19.